The fourth-order valence-electron chi connectivity index (χ4n) is 5.38. The van der Waals surface area contributed by atoms with Crippen molar-refractivity contribution in [2.75, 3.05) is 26.2 Å². The second-order valence-corrected chi connectivity index (χ2v) is 10.7. The van der Waals surface area contributed by atoms with Gasteiger partial charge >= 0.3 is 0 Å². The van der Waals surface area contributed by atoms with Gasteiger partial charge < -0.3 is 24.7 Å². The van der Waals surface area contributed by atoms with Crippen LogP contribution < -0.4 is 15.4 Å². The topological polar surface area (TPSA) is 127 Å². The third-order valence-electron chi connectivity index (χ3n) is 7.76. The average Bonchev–Trinajstić information content (AvgIpc) is 3.41. The van der Waals surface area contributed by atoms with Crippen molar-refractivity contribution in [3.63, 3.8) is 0 Å². The van der Waals surface area contributed by atoms with E-state index in [2.05, 4.69) is 20.8 Å². The van der Waals surface area contributed by atoms with Gasteiger partial charge in [0.1, 0.15) is 12.4 Å². The van der Waals surface area contributed by atoms with Gasteiger partial charge in [-0.3, -0.25) is 14.4 Å². The summed E-state index contributed by atoms with van der Waals surface area (Å²) in [5, 5.41) is 14.0. The van der Waals surface area contributed by atoms with Crippen LogP contribution in [0.3, 0.4) is 0 Å². The van der Waals surface area contributed by atoms with Crippen LogP contribution in [0, 0.1) is 12.3 Å². The Labute approximate surface area is 233 Å². The number of para-hydroxylation sites is 1. The number of hydrogen-bond acceptors (Lipinski definition) is 7. The van der Waals surface area contributed by atoms with Gasteiger partial charge in [0.15, 0.2) is 0 Å². The largest absolute Gasteiger partial charge is 0.491 e. The number of fused-ring (bicyclic) bond motifs is 1. The highest BCUT2D eigenvalue weighted by Gasteiger charge is 2.42. The van der Waals surface area contributed by atoms with Crippen molar-refractivity contribution in [3.05, 3.63) is 65.5 Å². The molecule has 5 rings (SSSR count). The van der Waals surface area contributed by atoms with Crippen molar-refractivity contribution in [1.29, 1.82) is 0 Å². The Balaban J connectivity index is 1.24. The maximum atomic E-state index is 13.6. The standard InChI is InChI=1S/C30H35N5O5/c1-20-19-39-25-8-4-3-7-24(25)26(36)31-16-6-5-13-30(29(38)32-20)14-17-35(18-15-30)28(37)23-11-9-22(10-12-23)27-34-33-21(2)40-27/h3-4,7-12,20H,5-6,13-19H2,1-2H3,(H,31,36)(H,32,38)/t20-/m1/s1. The van der Waals surface area contributed by atoms with Crippen LogP contribution in [0.15, 0.2) is 52.9 Å². The van der Waals surface area contributed by atoms with E-state index >= 15 is 0 Å². The molecule has 1 atom stereocenters. The van der Waals surface area contributed by atoms with E-state index in [1.165, 1.54) is 0 Å². The minimum atomic E-state index is -0.573. The number of benzene rings is 2. The highest BCUT2D eigenvalue weighted by atomic mass is 16.5. The summed E-state index contributed by atoms with van der Waals surface area (Å²) >= 11 is 0. The van der Waals surface area contributed by atoms with Crippen LogP contribution in [0.25, 0.3) is 11.5 Å². The summed E-state index contributed by atoms with van der Waals surface area (Å²) in [6.07, 6.45) is 3.40. The Morgan fingerprint density at radius 2 is 1.75 bits per heavy atom. The summed E-state index contributed by atoms with van der Waals surface area (Å²) in [5.74, 6) is 1.18. The molecule has 0 aliphatic carbocycles. The predicted octanol–water partition coefficient (Wildman–Crippen LogP) is 3.76. The molecule has 2 N–H and O–H groups in total. The van der Waals surface area contributed by atoms with Crippen LogP contribution >= 0.6 is 0 Å². The zero-order valence-corrected chi connectivity index (χ0v) is 22.9. The van der Waals surface area contributed by atoms with Crippen molar-refractivity contribution in [2.24, 2.45) is 5.41 Å². The second-order valence-electron chi connectivity index (χ2n) is 10.7. The van der Waals surface area contributed by atoms with Crippen molar-refractivity contribution in [1.82, 2.24) is 25.7 Å². The monoisotopic (exact) mass is 545 g/mol. The number of hydrogen-bond donors (Lipinski definition) is 2. The number of aryl methyl sites for hydroxylation is 1. The Morgan fingerprint density at radius 1 is 1.00 bits per heavy atom. The molecule has 2 aliphatic rings. The van der Waals surface area contributed by atoms with Crippen molar-refractivity contribution < 1.29 is 23.5 Å². The Kier molecular flexibility index (Phi) is 8.14. The first-order valence-corrected chi connectivity index (χ1v) is 13.9. The lowest BCUT2D eigenvalue weighted by Crippen LogP contribution is -2.52. The lowest BCUT2D eigenvalue weighted by atomic mass is 9.73. The number of piperidine rings is 1. The van der Waals surface area contributed by atoms with Crippen LogP contribution in [0.1, 0.15) is 65.6 Å². The van der Waals surface area contributed by atoms with Gasteiger partial charge in [-0.2, -0.15) is 0 Å². The van der Waals surface area contributed by atoms with Gasteiger partial charge in [-0.1, -0.05) is 18.6 Å². The van der Waals surface area contributed by atoms with Gasteiger partial charge in [0.05, 0.1) is 17.0 Å². The molecule has 3 heterocycles. The summed E-state index contributed by atoms with van der Waals surface area (Å²) in [6, 6.07) is 14.0. The third kappa shape index (κ3) is 6.00. The molecule has 0 radical (unpaired) electrons. The molecule has 3 amide bonds. The highest BCUT2D eigenvalue weighted by molar-refractivity contribution is 5.97. The molecule has 0 bridgehead atoms. The summed E-state index contributed by atoms with van der Waals surface area (Å²) in [5.41, 5.74) is 1.25. The van der Waals surface area contributed by atoms with Crippen LogP contribution in [0.4, 0.5) is 0 Å². The summed E-state index contributed by atoms with van der Waals surface area (Å²) < 4.78 is 11.4. The van der Waals surface area contributed by atoms with Gasteiger partial charge in [-0.05, 0) is 69.0 Å². The lowest BCUT2D eigenvalue weighted by Gasteiger charge is -2.41. The number of rotatable bonds is 2. The lowest BCUT2D eigenvalue weighted by molar-refractivity contribution is -0.135. The van der Waals surface area contributed by atoms with Crippen LogP contribution in [-0.2, 0) is 4.79 Å². The molecule has 2 aromatic carbocycles. The SMILES string of the molecule is Cc1nnc(-c2ccc(C(=O)N3CCC4(CCCCNC(=O)c5ccccc5OC[C@@H](C)NC4=O)CC3)cc2)o1. The quantitative estimate of drug-likeness (QED) is 0.502. The maximum absolute atomic E-state index is 13.6. The number of nitrogens with one attached hydrogen (secondary N) is 2. The number of carbonyl (C=O) groups excluding carboxylic acids is 3. The van der Waals surface area contributed by atoms with Crippen LogP contribution in [0.2, 0.25) is 0 Å². The summed E-state index contributed by atoms with van der Waals surface area (Å²) in [6.45, 7) is 5.38. The molecule has 1 aromatic heterocycles. The van der Waals surface area contributed by atoms with Gasteiger partial charge in [0.2, 0.25) is 17.7 Å². The van der Waals surface area contributed by atoms with E-state index in [0.29, 0.717) is 67.6 Å². The molecule has 10 heteroatoms. The molecule has 1 saturated heterocycles. The first-order chi connectivity index (χ1) is 19.3. The van der Waals surface area contributed by atoms with E-state index in [4.69, 9.17) is 9.15 Å². The van der Waals surface area contributed by atoms with Crippen molar-refractivity contribution >= 4 is 17.7 Å². The van der Waals surface area contributed by atoms with E-state index in [-0.39, 0.29) is 30.4 Å². The van der Waals surface area contributed by atoms with E-state index < -0.39 is 5.41 Å². The van der Waals surface area contributed by atoms with Gasteiger partial charge in [0, 0.05) is 37.7 Å². The molecule has 10 nitrogen and oxygen atoms in total. The fourth-order valence-corrected chi connectivity index (χ4v) is 5.38. The predicted molar refractivity (Wildman–Crippen MR) is 148 cm³/mol. The molecule has 0 unspecified atom stereocenters. The molecule has 40 heavy (non-hydrogen) atoms. The smallest absolute Gasteiger partial charge is 0.255 e. The zero-order chi connectivity index (χ0) is 28.1. The molecule has 210 valence electrons. The average molecular weight is 546 g/mol. The Hall–Kier alpha value is -4.21. The fraction of sp³-hybridized carbons (Fsp3) is 0.433. The van der Waals surface area contributed by atoms with Crippen molar-refractivity contribution in [2.45, 2.75) is 52.0 Å². The first kappa shape index (κ1) is 27.4. The second kappa shape index (κ2) is 11.9. The molecular weight excluding hydrogens is 510 g/mol. The summed E-state index contributed by atoms with van der Waals surface area (Å²) in [4.78, 5) is 41.4. The number of ether oxygens (including phenoxy) is 1. The molecule has 1 spiro atoms. The number of nitrogens with zero attached hydrogens (tertiary/aromatic N) is 3. The minimum absolute atomic E-state index is 0.00397. The first-order valence-electron chi connectivity index (χ1n) is 13.9. The summed E-state index contributed by atoms with van der Waals surface area (Å²) in [7, 11) is 0. The zero-order valence-electron chi connectivity index (χ0n) is 22.9. The van der Waals surface area contributed by atoms with Crippen LogP contribution in [-0.4, -0.2) is 65.1 Å². The van der Waals surface area contributed by atoms with E-state index in [0.717, 1.165) is 18.4 Å². The molecule has 3 aromatic rings. The normalized spacial score (nSPS) is 20.1. The molecule has 0 saturated carbocycles. The Morgan fingerprint density at radius 3 is 2.48 bits per heavy atom. The van der Waals surface area contributed by atoms with Gasteiger partial charge in [0.25, 0.3) is 11.8 Å². The minimum Gasteiger partial charge on any atom is -0.491 e. The van der Waals surface area contributed by atoms with Crippen LogP contribution in [0.5, 0.6) is 5.75 Å². The number of carbonyl (C=O) groups is 3. The van der Waals surface area contributed by atoms with E-state index in [1.807, 2.05) is 24.0 Å². The van der Waals surface area contributed by atoms with E-state index in [9.17, 15) is 14.4 Å². The Bertz CT molecular complexity index is 1360. The number of amides is 3. The molecular formula is C30H35N5O5. The molecule has 1 fully saturated rings. The number of likely N-dealkylation sites (tertiary alicyclic amines) is 1. The van der Waals surface area contributed by atoms with Gasteiger partial charge in [-0.25, -0.2) is 0 Å². The van der Waals surface area contributed by atoms with E-state index in [1.54, 1.807) is 43.3 Å². The molecule has 2 aliphatic heterocycles. The van der Waals surface area contributed by atoms with Crippen molar-refractivity contribution in [3.8, 4) is 17.2 Å². The highest BCUT2D eigenvalue weighted by Crippen LogP contribution is 2.38. The van der Waals surface area contributed by atoms with Gasteiger partial charge in [-0.15, -0.1) is 10.2 Å². The third-order valence-corrected chi connectivity index (χ3v) is 7.76. The maximum Gasteiger partial charge on any atom is 0.255 e. The number of aromatic nitrogens is 2.